The second-order valence-corrected chi connectivity index (χ2v) is 10.3. The number of hydrogen-bond acceptors (Lipinski definition) is 4. The van der Waals surface area contributed by atoms with E-state index in [2.05, 4.69) is 51.3 Å². The monoisotopic (exact) mass is 546 g/mol. The number of anilines is 2. The van der Waals surface area contributed by atoms with Crippen LogP contribution in [-0.2, 0) is 6.54 Å². The Hall–Kier alpha value is -4.98. The van der Waals surface area contributed by atoms with Gasteiger partial charge in [0.15, 0.2) is 0 Å². The third-order valence-corrected chi connectivity index (χ3v) is 7.50. The van der Waals surface area contributed by atoms with Crippen molar-refractivity contribution in [3.63, 3.8) is 0 Å². The molecule has 6 rings (SSSR count). The van der Waals surface area contributed by atoms with Gasteiger partial charge in [-0.1, -0.05) is 42.5 Å². The number of benzene rings is 3. The average molecular weight is 547 g/mol. The molecule has 0 radical (unpaired) electrons. The van der Waals surface area contributed by atoms with E-state index in [1.165, 1.54) is 0 Å². The van der Waals surface area contributed by atoms with Crippen molar-refractivity contribution >= 4 is 17.4 Å². The maximum absolute atomic E-state index is 14.3. The van der Waals surface area contributed by atoms with Crippen molar-refractivity contribution in [2.24, 2.45) is 0 Å². The van der Waals surface area contributed by atoms with Crippen molar-refractivity contribution < 1.29 is 9.53 Å². The molecule has 1 aliphatic rings. The van der Waals surface area contributed by atoms with Crippen molar-refractivity contribution in [2.75, 3.05) is 30.9 Å². The number of para-hydroxylation sites is 3. The molecule has 0 aliphatic carbocycles. The van der Waals surface area contributed by atoms with Crippen LogP contribution in [0.1, 0.15) is 35.5 Å². The summed E-state index contributed by atoms with van der Waals surface area (Å²) in [6.45, 7) is 4.82. The van der Waals surface area contributed by atoms with Gasteiger partial charge in [0.05, 0.1) is 42.0 Å². The zero-order valence-electron chi connectivity index (χ0n) is 23.8. The van der Waals surface area contributed by atoms with Crippen LogP contribution in [0.15, 0.2) is 97.2 Å². The van der Waals surface area contributed by atoms with E-state index in [1.54, 1.807) is 0 Å². The summed E-state index contributed by atoms with van der Waals surface area (Å²) in [6.07, 6.45) is 2.06. The fraction of sp³-hybridized carbons (Fsp3) is 0.212. The highest BCUT2D eigenvalue weighted by molar-refractivity contribution is 5.91. The second-order valence-electron chi connectivity index (χ2n) is 10.3. The van der Waals surface area contributed by atoms with E-state index in [4.69, 9.17) is 9.84 Å². The van der Waals surface area contributed by atoms with Gasteiger partial charge in [0.2, 0.25) is 0 Å². The molecule has 0 saturated carbocycles. The number of nitrogens with one attached hydrogen (secondary N) is 1. The van der Waals surface area contributed by atoms with Crippen molar-refractivity contribution in [3.05, 3.63) is 120 Å². The third kappa shape index (κ3) is 4.82. The number of urea groups is 1. The summed E-state index contributed by atoms with van der Waals surface area (Å²) in [6, 6.07) is 29.6. The number of hydrogen-bond donors (Lipinski definition) is 1. The van der Waals surface area contributed by atoms with Gasteiger partial charge in [0.1, 0.15) is 11.6 Å². The lowest BCUT2D eigenvalue weighted by Crippen LogP contribution is -2.38. The Bertz CT molecular complexity index is 1670. The van der Waals surface area contributed by atoms with Crippen LogP contribution in [0.5, 0.6) is 5.75 Å². The first-order valence-electron chi connectivity index (χ1n) is 13.8. The number of rotatable bonds is 6. The highest BCUT2D eigenvalue weighted by atomic mass is 16.5. The van der Waals surface area contributed by atoms with Gasteiger partial charge in [0.25, 0.3) is 0 Å². The number of fused-ring (bicyclic) bond motifs is 3. The Kier molecular flexibility index (Phi) is 6.97. The summed E-state index contributed by atoms with van der Waals surface area (Å²) in [7, 11) is 4.05. The smallest absolute Gasteiger partial charge is 0.323 e. The molecule has 2 aromatic heterocycles. The van der Waals surface area contributed by atoms with E-state index < -0.39 is 0 Å². The summed E-state index contributed by atoms with van der Waals surface area (Å²) in [5.74, 6) is 1.58. The number of carbonyl (C=O) groups excluding carboxylic acids is 1. The van der Waals surface area contributed by atoms with Crippen molar-refractivity contribution in [1.82, 2.24) is 19.2 Å². The van der Waals surface area contributed by atoms with Crippen LogP contribution in [0.2, 0.25) is 0 Å². The molecular formula is C33H34N6O2. The van der Waals surface area contributed by atoms with E-state index in [0.717, 1.165) is 39.7 Å². The fourth-order valence-corrected chi connectivity index (χ4v) is 5.49. The molecule has 3 heterocycles. The van der Waals surface area contributed by atoms with Crippen LogP contribution in [0.3, 0.4) is 0 Å². The zero-order valence-corrected chi connectivity index (χ0v) is 23.8. The molecule has 0 fully saturated rings. The molecule has 0 bridgehead atoms. The van der Waals surface area contributed by atoms with Gasteiger partial charge in [-0.05, 0) is 67.9 Å². The van der Waals surface area contributed by atoms with Gasteiger partial charge in [-0.15, -0.1) is 0 Å². The number of ether oxygens (including phenoxy) is 1. The lowest BCUT2D eigenvalue weighted by Gasteiger charge is -2.31. The highest BCUT2D eigenvalue weighted by Crippen LogP contribution is 2.39. The minimum atomic E-state index is -0.350. The minimum absolute atomic E-state index is 0.216. The SMILES string of the molecule is CCOc1ccccc1NC(=O)N1Cc2c(C)nn(-c3ccccc3)c2-n2cccc2[C@H]1c1ccc(N(C)C)cc1. The Labute approximate surface area is 240 Å². The summed E-state index contributed by atoms with van der Waals surface area (Å²) in [4.78, 5) is 18.2. The number of carbonyl (C=O) groups is 1. The quantitative estimate of drug-likeness (QED) is 0.262. The standard InChI is InChI=1S/C33H34N6O2/c1-5-41-30-16-10-9-14-28(30)34-33(40)38-22-27-23(2)35-39(26-12-7-6-8-13-26)32(27)37-21-11-15-29(37)31(38)24-17-19-25(20-18-24)36(3)4/h6-21,31H,5,22H2,1-4H3,(H,34,40)/t31-/m1/s1. The lowest BCUT2D eigenvalue weighted by atomic mass is 10.0. The second kappa shape index (κ2) is 10.9. The first-order chi connectivity index (χ1) is 20.0. The van der Waals surface area contributed by atoms with Gasteiger partial charge in [-0.2, -0.15) is 5.10 Å². The van der Waals surface area contributed by atoms with Crippen LogP contribution < -0.4 is 15.0 Å². The zero-order chi connectivity index (χ0) is 28.5. The first-order valence-corrected chi connectivity index (χ1v) is 13.8. The van der Waals surface area contributed by atoms with E-state index in [9.17, 15) is 4.79 Å². The molecular weight excluding hydrogens is 512 g/mol. The molecule has 8 nitrogen and oxygen atoms in total. The van der Waals surface area contributed by atoms with Gasteiger partial charge in [-0.25, -0.2) is 9.48 Å². The van der Waals surface area contributed by atoms with Crippen molar-refractivity contribution in [1.29, 1.82) is 0 Å². The summed E-state index contributed by atoms with van der Waals surface area (Å²) >= 11 is 0. The normalized spacial score (nSPS) is 14.1. The minimum Gasteiger partial charge on any atom is -0.492 e. The van der Waals surface area contributed by atoms with Crippen LogP contribution in [0, 0.1) is 6.92 Å². The van der Waals surface area contributed by atoms with Crippen LogP contribution in [-0.4, -0.2) is 46.0 Å². The number of aromatic nitrogens is 3. The third-order valence-electron chi connectivity index (χ3n) is 7.50. The van der Waals surface area contributed by atoms with E-state index in [0.29, 0.717) is 24.6 Å². The maximum atomic E-state index is 14.3. The van der Waals surface area contributed by atoms with Gasteiger partial charge < -0.3 is 24.4 Å². The van der Waals surface area contributed by atoms with Crippen molar-refractivity contribution in [3.8, 4) is 17.3 Å². The van der Waals surface area contributed by atoms with Crippen molar-refractivity contribution in [2.45, 2.75) is 26.4 Å². The molecule has 5 aromatic rings. The highest BCUT2D eigenvalue weighted by Gasteiger charge is 2.36. The molecule has 1 aliphatic heterocycles. The van der Waals surface area contributed by atoms with Gasteiger partial charge >= 0.3 is 6.03 Å². The Morgan fingerprint density at radius 2 is 1.71 bits per heavy atom. The number of amides is 2. The summed E-state index contributed by atoms with van der Waals surface area (Å²) in [5.41, 5.74) is 6.56. The molecule has 8 heteroatoms. The van der Waals surface area contributed by atoms with Crippen LogP contribution >= 0.6 is 0 Å². The Morgan fingerprint density at radius 1 is 0.976 bits per heavy atom. The molecule has 208 valence electrons. The number of nitrogens with zero attached hydrogens (tertiary/aromatic N) is 5. The molecule has 1 N–H and O–H groups in total. The topological polar surface area (TPSA) is 67.6 Å². The molecule has 41 heavy (non-hydrogen) atoms. The maximum Gasteiger partial charge on any atom is 0.323 e. The van der Waals surface area contributed by atoms with Crippen LogP contribution in [0.25, 0.3) is 11.5 Å². The largest absolute Gasteiger partial charge is 0.492 e. The fourth-order valence-electron chi connectivity index (χ4n) is 5.49. The molecule has 0 unspecified atom stereocenters. The first kappa shape index (κ1) is 26.3. The molecule has 3 aromatic carbocycles. The van der Waals surface area contributed by atoms with E-state index in [-0.39, 0.29) is 12.1 Å². The predicted molar refractivity (Wildman–Crippen MR) is 162 cm³/mol. The van der Waals surface area contributed by atoms with Crippen LogP contribution in [0.4, 0.5) is 16.2 Å². The summed E-state index contributed by atoms with van der Waals surface area (Å²) in [5, 5.41) is 8.09. The molecule has 1 atom stereocenters. The predicted octanol–water partition coefficient (Wildman–Crippen LogP) is 6.57. The van der Waals surface area contributed by atoms with E-state index in [1.807, 2.05) is 98.2 Å². The Morgan fingerprint density at radius 3 is 2.44 bits per heavy atom. The average Bonchev–Trinajstić information content (AvgIpc) is 3.55. The summed E-state index contributed by atoms with van der Waals surface area (Å²) < 4.78 is 9.97. The number of aryl methyl sites for hydroxylation is 1. The van der Waals surface area contributed by atoms with Gasteiger partial charge in [-0.3, -0.25) is 0 Å². The Balaban J connectivity index is 1.51. The molecule has 2 amide bonds. The molecule has 0 spiro atoms. The van der Waals surface area contributed by atoms with Gasteiger partial charge in [0, 0.05) is 31.5 Å². The van der Waals surface area contributed by atoms with E-state index >= 15 is 0 Å². The molecule has 0 saturated heterocycles. The lowest BCUT2D eigenvalue weighted by molar-refractivity contribution is 0.194.